The minimum atomic E-state index is -0.212. The summed E-state index contributed by atoms with van der Waals surface area (Å²) in [6.45, 7) is 2.21. The van der Waals surface area contributed by atoms with Crippen LogP contribution < -0.4 is 0 Å². The SMILES string of the molecule is CCOC(=O)Cc1ccc2[nH]c(=S)[nH]c2c1. The number of aromatic amines is 2. The average Bonchev–Trinajstić information content (AvgIpc) is 2.57. The number of esters is 1. The molecule has 2 N–H and O–H groups in total. The van der Waals surface area contributed by atoms with Gasteiger partial charge in [0.2, 0.25) is 0 Å². The van der Waals surface area contributed by atoms with Crippen LogP contribution >= 0.6 is 12.2 Å². The molecule has 1 heterocycles. The van der Waals surface area contributed by atoms with Gasteiger partial charge < -0.3 is 14.7 Å². The van der Waals surface area contributed by atoms with Gasteiger partial charge in [0.25, 0.3) is 0 Å². The van der Waals surface area contributed by atoms with Crippen LogP contribution in [0.5, 0.6) is 0 Å². The quantitative estimate of drug-likeness (QED) is 0.635. The van der Waals surface area contributed by atoms with Crippen molar-refractivity contribution in [2.45, 2.75) is 13.3 Å². The molecule has 16 heavy (non-hydrogen) atoms. The molecule has 0 amide bonds. The number of fused-ring (bicyclic) bond motifs is 1. The number of imidazole rings is 1. The smallest absolute Gasteiger partial charge is 0.310 e. The largest absolute Gasteiger partial charge is 0.466 e. The summed E-state index contributed by atoms with van der Waals surface area (Å²) in [4.78, 5) is 17.3. The molecular weight excluding hydrogens is 224 g/mol. The van der Waals surface area contributed by atoms with E-state index in [9.17, 15) is 4.79 Å². The molecule has 0 atom stereocenters. The molecule has 0 saturated carbocycles. The van der Waals surface area contributed by atoms with Crippen LogP contribution in [-0.4, -0.2) is 22.5 Å². The van der Waals surface area contributed by atoms with Gasteiger partial charge >= 0.3 is 5.97 Å². The van der Waals surface area contributed by atoms with Gasteiger partial charge in [0.15, 0.2) is 4.77 Å². The Morgan fingerprint density at radius 1 is 1.38 bits per heavy atom. The van der Waals surface area contributed by atoms with Crippen molar-refractivity contribution in [2.75, 3.05) is 6.61 Å². The van der Waals surface area contributed by atoms with Gasteiger partial charge in [-0.15, -0.1) is 0 Å². The van der Waals surface area contributed by atoms with Crippen LogP contribution in [-0.2, 0) is 16.0 Å². The molecule has 1 aromatic carbocycles. The maximum absolute atomic E-state index is 11.3. The van der Waals surface area contributed by atoms with Gasteiger partial charge in [-0.25, -0.2) is 0 Å². The van der Waals surface area contributed by atoms with Gasteiger partial charge in [0, 0.05) is 0 Å². The minimum Gasteiger partial charge on any atom is -0.466 e. The van der Waals surface area contributed by atoms with Crippen LogP contribution in [0.4, 0.5) is 0 Å². The third-order valence-corrected chi connectivity index (χ3v) is 2.44. The summed E-state index contributed by atoms with van der Waals surface area (Å²) in [5.74, 6) is -0.212. The molecule has 0 saturated heterocycles. The molecule has 0 radical (unpaired) electrons. The van der Waals surface area contributed by atoms with Crippen LogP contribution in [0, 0.1) is 4.77 Å². The monoisotopic (exact) mass is 236 g/mol. The molecule has 0 aliphatic heterocycles. The predicted molar refractivity (Wildman–Crippen MR) is 63.8 cm³/mol. The predicted octanol–water partition coefficient (Wildman–Crippen LogP) is 2.33. The second-order valence-corrected chi connectivity index (χ2v) is 3.85. The molecule has 2 rings (SSSR count). The Labute approximate surface area is 97.6 Å². The lowest BCUT2D eigenvalue weighted by Crippen LogP contribution is -2.07. The van der Waals surface area contributed by atoms with Gasteiger partial charge in [-0.3, -0.25) is 4.79 Å². The molecule has 0 unspecified atom stereocenters. The summed E-state index contributed by atoms with van der Waals surface area (Å²) < 4.78 is 5.47. The number of benzene rings is 1. The fraction of sp³-hybridized carbons (Fsp3) is 0.273. The maximum atomic E-state index is 11.3. The molecule has 0 fully saturated rings. The molecule has 84 valence electrons. The molecule has 4 nitrogen and oxygen atoms in total. The van der Waals surface area contributed by atoms with Crippen molar-refractivity contribution < 1.29 is 9.53 Å². The molecule has 0 aliphatic rings. The van der Waals surface area contributed by atoms with E-state index in [1.807, 2.05) is 18.2 Å². The van der Waals surface area contributed by atoms with Gasteiger partial charge in [-0.05, 0) is 36.8 Å². The minimum absolute atomic E-state index is 0.212. The highest BCUT2D eigenvalue weighted by molar-refractivity contribution is 7.71. The second kappa shape index (κ2) is 4.49. The van der Waals surface area contributed by atoms with Crippen molar-refractivity contribution in [3.8, 4) is 0 Å². The Morgan fingerprint density at radius 2 is 2.12 bits per heavy atom. The zero-order chi connectivity index (χ0) is 11.5. The van der Waals surface area contributed by atoms with E-state index >= 15 is 0 Å². The Kier molecular flexibility index (Phi) is 3.05. The van der Waals surface area contributed by atoms with Crippen molar-refractivity contribution in [1.29, 1.82) is 0 Å². The Morgan fingerprint density at radius 3 is 2.88 bits per heavy atom. The van der Waals surface area contributed by atoms with Crippen LogP contribution in [0.1, 0.15) is 12.5 Å². The van der Waals surface area contributed by atoms with Crippen LogP contribution in [0.2, 0.25) is 0 Å². The molecule has 5 heteroatoms. The van der Waals surface area contributed by atoms with E-state index in [-0.39, 0.29) is 12.4 Å². The molecule has 0 spiro atoms. The van der Waals surface area contributed by atoms with E-state index in [2.05, 4.69) is 9.97 Å². The highest BCUT2D eigenvalue weighted by Gasteiger charge is 2.05. The van der Waals surface area contributed by atoms with Crippen LogP contribution in [0.15, 0.2) is 18.2 Å². The Balaban J connectivity index is 2.25. The number of aromatic nitrogens is 2. The number of nitrogens with one attached hydrogen (secondary N) is 2. The van der Waals surface area contributed by atoms with E-state index < -0.39 is 0 Å². The van der Waals surface area contributed by atoms with Crippen molar-refractivity contribution >= 4 is 29.2 Å². The maximum Gasteiger partial charge on any atom is 0.310 e. The van der Waals surface area contributed by atoms with E-state index in [1.54, 1.807) is 6.92 Å². The summed E-state index contributed by atoms with van der Waals surface area (Å²) in [5.41, 5.74) is 2.76. The lowest BCUT2D eigenvalue weighted by Gasteiger charge is -2.01. The van der Waals surface area contributed by atoms with E-state index in [0.717, 1.165) is 16.6 Å². The van der Waals surface area contributed by atoms with Crippen molar-refractivity contribution in [2.24, 2.45) is 0 Å². The fourth-order valence-corrected chi connectivity index (χ4v) is 1.79. The first-order valence-electron chi connectivity index (χ1n) is 5.05. The molecule has 0 bridgehead atoms. The normalized spacial score (nSPS) is 10.6. The number of carbonyl (C=O) groups excluding carboxylic acids is 1. The Bertz CT molecular complexity index is 571. The highest BCUT2D eigenvalue weighted by atomic mass is 32.1. The second-order valence-electron chi connectivity index (χ2n) is 3.44. The number of rotatable bonds is 3. The number of hydrogen-bond donors (Lipinski definition) is 2. The number of hydrogen-bond acceptors (Lipinski definition) is 3. The molecule has 2 aromatic rings. The van der Waals surface area contributed by atoms with Gasteiger partial charge in [0.05, 0.1) is 24.1 Å². The highest BCUT2D eigenvalue weighted by Crippen LogP contribution is 2.13. The summed E-state index contributed by atoms with van der Waals surface area (Å²) in [6.07, 6.45) is 0.287. The third kappa shape index (κ3) is 2.30. The fourth-order valence-electron chi connectivity index (χ4n) is 1.57. The first-order chi connectivity index (χ1) is 7.69. The molecule has 1 aromatic heterocycles. The third-order valence-electron chi connectivity index (χ3n) is 2.23. The van der Waals surface area contributed by atoms with Gasteiger partial charge in [0.1, 0.15) is 0 Å². The first-order valence-corrected chi connectivity index (χ1v) is 5.46. The standard InChI is InChI=1S/C11H12N2O2S/c1-2-15-10(14)6-7-3-4-8-9(5-7)13-11(16)12-8/h3-5H,2,6H2,1H3,(H2,12,13,16). The summed E-state index contributed by atoms with van der Waals surface area (Å²) in [7, 11) is 0. The van der Waals surface area contributed by atoms with Gasteiger partial charge in [-0.2, -0.15) is 0 Å². The van der Waals surface area contributed by atoms with E-state index in [0.29, 0.717) is 11.4 Å². The van der Waals surface area contributed by atoms with Crippen molar-refractivity contribution in [1.82, 2.24) is 9.97 Å². The number of carbonyl (C=O) groups is 1. The van der Waals surface area contributed by atoms with Gasteiger partial charge in [-0.1, -0.05) is 6.07 Å². The van der Waals surface area contributed by atoms with E-state index in [4.69, 9.17) is 17.0 Å². The number of ether oxygens (including phenoxy) is 1. The first kappa shape index (κ1) is 10.9. The van der Waals surface area contributed by atoms with Crippen molar-refractivity contribution in [3.05, 3.63) is 28.5 Å². The zero-order valence-electron chi connectivity index (χ0n) is 8.87. The zero-order valence-corrected chi connectivity index (χ0v) is 9.69. The summed E-state index contributed by atoms with van der Waals surface area (Å²) in [6, 6.07) is 5.69. The lowest BCUT2D eigenvalue weighted by molar-refractivity contribution is -0.142. The van der Waals surface area contributed by atoms with E-state index in [1.165, 1.54) is 0 Å². The molecular formula is C11H12N2O2S. The summed E-state index contributed by atoms with van der Waals surface area (Å²) in [5, 5.41) is 0. The molecule has 0 aliphatic carbocycles. The average molecular weight is 236 g/mol. The topological polar surface area (TPSA) is 57.9 Å². The number of H-pyrrole nitrogens is 2. The lowest BCUT2D eigenvalue weighted by atomic mass is 10.1. The Hall–Kier alpha value is -1.62. The van der Waals surface area contributed by atoms with Crippen molar-refractivity contribution in [3.63, 3.8) is 0 Å². The van der Waals surface area contributed by atoms with Crippen LogP contribution in [0.3, 0.4) is 0 Å². The van der Waals surface area contributed by atoms with Crippen LogP contribution in [0.25, 0.3) is 11.0 Å². The summed E-state index contributed by atoms with van der Waals surface area (Å²) >= 11 is 4.98.